The van der Waals surface area contributed by atoms with Crippen molar-refractivity contribution in [1.29, 1.82) is 5.26 Å². The van der Waals surface area contributed by atoms with Crippen molar-refractivity contribution in [2.45, 2.75) is 39.7 Å². The van der Waals surface area contributed by atoms with Gasteiger partial charge in [-0.25, -0.2) is 0 Å². The lowest BCUT2D eigenvalue weighted by Crippen LogP contribution is -2.32. The summed E-state index contributed by atoms with van der Waals surface area (Å²) in [5.74, 6) is -0.353. The Kier molecular flexibility index (Phi) is 5.78. The molecule has 1 saturated heterocycles. The molecule has 2 heterocycles. The highest BCUT2D eigenvalue weighted by Crippen LogP contribution is 2.24. The molecule has 27 heavy (non-hydrogen) atoms. The van der Waals surface area contributed by atoms with Gasteiger partial charge in [0.25, 0.3) is 5.91 Å². The summed E-state index contributed by atoms with van der Waals surface area (Å²) in [5.41, 5.74) is 5.32. The molecule has 0 spiro atoms. The van der Waals surface area contributed by atoms with Gasteiger partial charge in [-0.1, -0.05) is 18.2 Å². The average Bonchev–Trinajstić information content (AvgIpc) is 3.27. The first kappa shape index (κ1) is 18.9. The number of nitriles is 1. The van der Waals surface area contributed by atoms with Crippen molar-refractivity contribution >= 4 is 12.0 Å². The minimum atomic E-state index is -0.353. The van der Waals surface area contributed by atoms with E-state index in [0.717, 1.165) is 42.1 Å². The van der Waals surface area contributed by atoms with Crippen LogP contribution in [0.1, 0.15) is 35.4 Å². The Labute approximate surface area is 160 Å². The molecule has 0 aliphatic carbocycles. The third-order valence-electron chi connectivity index (χ3n) is 5.01. The summed E-state index contributed by atoms with van der Waals surface area (Å²) in [7, 11) is 0. The van der Waals surface area contributed by atoms with E-state index in [0.29, 0.717) is 6.54 Å². The lowest BCUT2D eigenvalue weighted by molar-refractivity contribution is -0.117. The fourth-order valence-electron chi connectivity index (χ4n) is 3.53. The number of benzene rings is 1. The molecule has 1 aliphatic heterocycles. The highest BCUT2D eigenvalue weighted by molar-refractivity contribution is 6.01. The van der Waals surface area contributed by atoms with E-state index in [4.69, 9.17) is 4.74 Å². The predicted molar refractivity (Wildman–Crippen MR) is 106 cm³/mol. The number of nitrogens with zero attached hydrogens (tertiary/aromatic N) is 2. The van der Waals surface area contributed by atoms with Gasteiger partial charge in [0.1, 0.15) is 11.6 Å². The van der Waals surface area contributed by atoms with Crippen LogP contribution in [-0.2, 0) is 9.53 Å². The van der Waals surface area contributed by atoms with Gasteiger partial charge in [-0.2, -0.15) is 5.26 Å². The van der Waals surface area contributed by atoms with E-state index >= 15 is 0 Å². The molecule has 1 fully saturated rings. The number of amides is 1. The summed E-state index contributed by atoms with van der Waals surface area (Å²) in [5, 5.41) is 12.3. The zero-order valence-electron chi connectivity index (χ0n) is 16.1. The molecule has 2 aromatic rings. The molecule has 1 aromatic carbocycles. The van der Waals surface area contributed by atoms with Gasteiger partial charge in [-0.3, -0.25) is 4.79 Å². The normalized spacial score (nSPS) is 17.0. The van der Waals surface area contributed by atoms with Gasteiger partial charge in [0, 0.05) is 30.2 Å². The average molecular weight is 363 g/mol. The monoisotopic (exact) mass is 363 g/mol. The molecular weight excluding hydrogens is 338 g/mol. The summed E-state index contributed by atoms with van der Waals surface area (Å²) in [6.07, 6.45) is 3.69. The van der Waals surface area contributed by atoms with Crippen molar-refractivity contribution in [2.24, 2.45) is 0 Å². The maximum atomic E-state index is 12.4. The second-order valence-electron chi connectivity index (χ2n) is 6.96. The Morgan fingerprint density at radius 1 is 1.37 bits per heavy atom. The summed E-state index contributed by atoms with van der Waals surface area (Å²) in [6.45, 7) is 7.29. The number of rotatable bonds is 5. The number of aromatic nitrogens is 1. The maximum absolute atomic E-state index is 12.4. The van der Waals surface area contributed by atoms with Crippen molar-refractivity contribution in [3.05, 3.63) is 58.4 Å². The molecule has 5 heteroatoms. The molecule has 0 bridgehead atoms. The topological polar surface area (TPSA) is 67.0 Å². The molecule has 0 radical (unpaired) electrons. The summed E-state index contributed by atoms with van der Waals surface area (Å²) < 4.78 is 7.67. The van der Waals surface area contributed by atoms with Crippen LogP contribution in [0.25, 0.3) is 11.8 Å². The Bertz CT molecular complexity index is 912. The minimum absolute atomic E-state index is 0.0556. The van der Waals surface area contributed by atoms with Crippen molar-refractivity contribution in [1.82, 2.24) is 9.88 Å². The highest BCUT2D eigenvalue weighted by Gasteiger charge is 2.18. The standard InChI is InChI=1S/C22H25N3O2/c1-15-7-4-5-9-21(15)25-16(2)11-18(17(25)3)12-19(13-23)22(26)24-14-20-8-6-10-27-20/h4-5,7,9,11-12,20H,6,8,10,14H2,1-3H3,(H,24,26). The fraction of sp³-hybridized carbons (Fsp3) is 0.364. The van der Waals surface area contributed by atoms with Crippen LogP contribution in [0, 0.1) is 32.1 Å². The smallest absolute Gasteiger partial charge is 0.262 e. The van der Waals surface area contributed by atoms with Crippen LogP contribution < -0.4 is 5.32 Å². The van der Waals surface area contributed by atoms with Gasteiger partial charge in [0.05, 0.1) is 6.10 Å². The quantitative estimate of drug-likeness (QED) is 0.652. The number of hydrogen-bond donors (Lipinski definition) is 1. The highest BCUT2D eigenvalue weighted by atomic mass is 16.5. The van der Waals surface area contributed by atoms with Crippen molar-refractivity contribution in [2.75, 3.05) is 13.2 Å². The van der Waals surface area contributed by atoms with Gasteiger partial charge >= 0.3 is 0 Å². The van der Waals surface area contributed by atoms with Crippen molar-refractivity contribution < 1.29 is 9.53 Å². The van der Waals surface area contributed by atoms with E-state index in [1.807, 2.05) is 38.1 Å². The third kappa shape index (κ3) is 4.12. The molecule has 5 nitrogen and oxygen atoms in total. The van der Waals surface area contributed by atoms with E-state index < -0.39 is 0 Å². The van der Waals surface area contributed by atoms with E-state index in [1.165, 1.54) is 5.56 Å². The Morgan fingerprint density at radius 3 is 2.81 bits per heavy atom. The Balaban J connectivity index is 1.84. The number of aryl methyl sites for hydroxylation is 2. The van der Waals surface area contributed by atoms with Gasteiger partial charge in [0.15, 0.2) is 0 Å². The molecule has 1 aromatic heterocycles. The number of ether oxygens (including phenoxy) is 1. The molecule has 0 saturated carbocycles. The van der Waals surface area contributed by atoms with Crippen LogP contribution in [0.4, 0.5) is 0 Å². The number of carbonyl (C=O) groups is 1. The third-order valence-corrected chi connectivity index (χ3v) is 5.01. The first-order valence-corrected chi connectivity index (χ1v) is 9.28. The number of nitrogens with one attached hydrogen (secondary N) is 1. The summed E-state index contributed by atoms with van der Waals surface area (Å²) in [6, 6.07) is 12.2. The predicted octanol–water partition coefficient (Wildman–Crippen LogP) is 3.60. The van der Waals surface area contributed by atoms with E-state index in [1.54, 1.807) is 6.08 Å². The molecule has 1 amide bonds. The second-order valence-corrected chi connectivity index (χ2v) is 6.96. The van der Waals surface area contributed by atoms with Crippen LogP contribution >= 0.6 is 0 Å². The van der Waals surface area contributed by atoms with Gasteiger partial charge < -0.3 is 14.6 Å². The number of carbonyl (C=O) groups excluding carboxylic acids is 1. The largest absolute Gasteiger partial charge is 0.376 e. The summed E-state index contributed by atoms with van der Waals surface area (Å²) in [4.78, 5) is 12.4. The van der Waals surface area contributed by atoms with Crippen LogP contribution in [0.2, 0.25) is 0 Å². The number of hydrogen-bond acceptors (Lipinski definition) is 3. The Morgan fingerprint density at radius 2 is 2.15 bits per heavy atom. The zero-order chi connectivity index (χ0) is 19.4. The molecular formula is C22H25N3O2. The molecule has 1 N–H and O–H groups in total. The van der Waals surface area contributed by atoms with Crippen molar-refractivity contribution in [3.63, 3.8) is 0 Å². The lowest BCUT2D eigenvalue weighted by atomic mass is 10.1. The van der Waals surface area contributed by atoms with Gasteiger partial charge in [-0.05, 0) is 62.9 Å². The van der Waals surface area contributed by atoms with Crippen molar-refractivity contribution in [3.8, 4) is 11.8 Å². The van der Waals surface area contributed by atoms with Crippen LogP contribution in [0.3, 0.4) is 0 Å². The maximum Gasteiger partial charge on any atom is 0.262 e. The lowest BCUT2D eigenvalue weighted by Gasteiger charge is -2.12. The zero-order valence-corrected chi connectivity index (χ0v) is 16.1. The molecule has 1 aliphatic rings. The summed E-state index contributed by atoms with van der Waals surface area (Å²) >= 11 is 0. The van der Waals surface area contributed by atoms with Crippen LogP contribution in [-0.4, -0.2) is 29.7 Å². The van der Waals surface area contributed by atoms with E-state index in [-0.39, 0.29) is 17.6 Å². The van der Waals surface area contributed by atoms with Crippen LogP contribution in [0.15, 0.2) is 35.9 Å². The minimum Gasteiger partial charge on any atom is -0.376 e. The van der Waals surface area contributed by atoms with Gasteiger partial charge in [-0.15, -0.1) is 0 Å². The van der Waals surface area contributed by atoms with Gasteiger partial charge in [0.2, 0.25) is 0 Å². The first-order chi connectivity index (χ1) is 13.0. The molecule has 1 atom stereocenters. The van der Waals surface area contributed by atoms with E-state index in [9.17, 15) is 10.1 Å². The number of para-hydroxylation sites is 1. The first-order valence-electron chi connectivity index (χ1n) is 9.28. The SMILES string of the molecule is Cc1ccccc1-n1c(C)cc(C=C(C#N)C(=O)NCC2CCCO2)c1C. The molecule has 140 valence electrons. The Hall–Kier alpha value is -2.84. The molecule has 1 unspecified atom stereocenters. The van der Waals surface area contributed by atoms with E-state index in [2.05, 4.69) is 28.9 Å². The second kappa shape index (κ2) is 8.24. The molecule has 3 rings (SSSR count). The van der Waals surface area contributed by atoms with Crippen LogP contribution in [0.5, 0.6) is 0 Å². The fourth-order valence-corrected chi connectivity index (χ4v) is 3.53.